The van der Waals surface area contributed by atoms with Gasteiger partial charge >= 0.3 is 6.03 Å². The number of hydrogen-bond donors (Lipinski definition) is 3. The van der Waals surface area contributed by atoms with Crippen LogP contribution >= 0.6 is 0 Å². The van der Waals surface area contributed by atoms with E-state index in [-0.39, 0.29) is 18.7 Å². The van der Waals surface area contributed by atoms with Gasteiger partial charge in [-0.2, -0.15) is 0 Å². The lowest BCUT2D eigenvalue weighted by molar-refractivity contribution is 0.150. The Labute approximate surface area is 134 Å². The first-order valence-corrected chi connectivity index (χ1v) is 8.48. The molecule has 1 heterocycles. The van der Waals surface area contributed by atoms with Crippen LogP contribution in [-0.2, 0) is 0 Å². The van der Waals surface area contributed by atoms with Crippen LogP contribution in [-0.4, -0.2) is 53.9 Å². The zero-order valence-corrected chi connectivity index (χ0v) is 14.2. The summed E-state index contributed by atoms with van der Waals surface area (Å²) in [4.78, 5) is 14.6. The van der Waals surface area contributed by atoms with Gasteiger partial charge in [-0.3, -0.25) is 4.90 Å². The van der Waals surface area contributed by atoms with Gasteiger partial charge in [0.2, 0.25) is 0 Å². The van der Waals surface area contributed by atoms with Crippen LogP contribution in [0.3, 0.4) is 0 Å². The molecular weight excluding hydrogens is 278 g/mol. The summed E-state index contributed by atoms with van der Waals surface area (Å²) in [5.74, 6) is 0.425. The molecule has 1 aliphatic heterocycles. The van der Waals surface area contributed by atoms with E-state index in [4.69, 9.17) is 0 Å². The maximum Gasteiger partial charge on any atom is 0.315 e. The third kappa shape index (κ3) is 4.99. The lowest BCUT2D eigenvalue weighted by Crippen LogP contribution is -2.56. The van der Waals surface area contributed by atoms with E-state index in [1.807, 2.05) is 6.92 Å². The highest BCUT2D eigenvalue weighted by molar-refractivity contribution is 5.75. The maximum atomic E-state index is 12.2. The van der Waals surface area contributed by atoms with Gasteiger partial charge < -0.3 is 15.7 Å². The highest BCUT2D eigenvalue weighted by atomic mass is 16.3. The number of hydrogen-bond acceptors (Lipinski definition) is 3. The predicted molar refractivity (Wildman–Crippen MR) is 88.8 cm³/mol. The number of carbonyl (C=O) groups is 1. The molecule has 0 unspecified atom stereocenters. The summed E-state index contributed by atoms with van der Waals surface area (Å²) in [6, 6.07) is 0.108. The lowest BCUT2D eigenvalue weighted by Gasteiger charge is -2.34. The summed E-state index contributed by atoms with van der Waals surface area (Å²) < 4.78 is 0. The molecule has 1 saturated carbocycles. The Balaban J connectivity index is 1.71. The molecule has 5 heteroatoms. The number of aliphatic hydroxyl groups is 1. The average molecular weight is 309 g/mol. The standard InChI is InChI=1S/C17H31N3O2/c1-13(2)6-9-20-10-7-15(8-11-20)18-16(22)19-17(3,12-21)14-4-5-14/h6,14-15,21H,4-5,7-12H2,1-3H3,(H2,18,19,22)/t17-/m0/s1. The highest BCUT2D eigenvalue weighted by Gasteiger charge is 2.42. The monoisotopic (exact) mass is 309 g/mol. The molecule has 0 aromatic rings. The molecule has 1 saturated heterocycles. The number of likely N-dealkylation sites (tertiary alicyclic amines) is 1. The van der Waals surface area contributed by atoms with Gasteiger partial charge in [-0.15, -0.1) is 0 Å². The van der Waals surface area contributed by atoms with Gasteiger partial charge in [-0.1, -0.05) is 11.6 Å². The fourth-order valence-corrected chi connectivity index (χ4v) is 3.04. The van der Waals surface area contributed by atoms with E-state index in [2.05, 4.69) is 35.5 Å². The van der Waals surface area contributed by atoms with Crippen LogP contribution in [0.15, 0.2) is 11.6 Å². The number of urea groups is 1. The summed E-state index contributed by atoms with van der Waals surface area (Å²) >= 11 is 0. The molecule has 2 amide bonds. The molecule has 22 heavy (non-hydrogen) atoms. The summed E-state index contributed by atoms with van der Waals surface area (Å²) in [5.41, 5.74) is 0.886. The zero-order valence-electron chi connectivity index (χ0n) is 14.2. The third-order valence-electron chi connectivity index (χ3n) is 4.89. The Bertz CT molecular complexity index is 408. The number of nitrogens with zero attached hydrogens (tertiary/aromatic N) is 1. The van der Waals surface area contributed by atoms with Crippen molar-refractivity contribution in [1.82, 2.24) is 15.5 Å². The van der Waals surface area contributed by atoms with Crippen LogP contribution in [0.5, 0.6) is 0 Å². The minimum atomic E-state index is -0.464. The first kappa shape index (κ1) is 17.3. The number of carbonyl (C=O) groups excluding carboxylic acids is 1. The van der Waals surface area contributed by atoms with Crippen LogP contribution in [0.25, 0.3) is 0 Å². The fraction of sp³-hybridized carbons (Fsp3) is 0.824. The molecule has 0 bridgehead atoms. The quantitative estimate of drug-likeness (QED) is 0.656. The molecule has 2 fully saturated rings. The number of nitrogens with one attached hydrogen (secondary N) is 2. The smallest absolute Gasteiger partial charge is 0.315 e. The Morgan fingerprint density at radius 2 is 1.91 bits per heavy atom. The van der Waals surface area contributed by atoms with E-state index >= 15 is 0 Å². The summed E-state index contributed by atoms with van der Waals surface area (Å²) in [5, 5.41) is 15.6. The molecule has 126 valence electrons. The van der Waals surface area contributed by atoms with Crippen LogP contribution in [0.1, 0.15) is 46.5 Å². The van der Waals surface area contributed by atoms with Crippen molar-refractivity contribution in [3.8, 4) is 0 Å². The molecule has 0 radical (unpaired) electrons. The van der Waals surface area contributed by atoms with E-state index < -0.39 is 5.54 Å². The minimum Gasteiger partial charge on any atom is -0.394 e. The molecular formula is C17H31N3O2. The third-order valence-corrected chi connectivity index (χ3v) is 4.89. The molecule has 3 N–H and O–H groups in total. The highest BCUT2D eigenvalue weighted by Crippen LogP contribution is 2.39. The van der Waals surface area contributed by atoms with Gasteiger partial charge in [0.15, 0.2) is 0 Å². The predicted octanol–water partition coefficient (Wildman–Crippen LogP) is 1.88. The second-order valence-corrected chi connectivity index (χ2v) is 7.30. The molecule has 0 aromatic heterocycles. The Morgan fingerprint density at radius 1 is 1.27 bits per heavy atom. The summed E-state index contributed by atoms with van der Waals surface area (Å²) in [6.45, 7) is 9.24. The molecule has 0 spiro atoms. The first-order valence-electron chi connectivity index (χ1n) is 8.48. The largest absolute Gasteiger partial charge is 0.394 e. The molecule has 2 aliphatic rings. The van der Waals surface area contributed by atoms with Crippen molar-refractivity contribution in [3.05, 3.63) is 11.6 Å². The van der Waals surface area contributed by atoms with Crippen LogP contribution in [0, 0.1) is 5.92 Å². The molecule has 0 aromatic carbocycles. The molecule has 5 nitrogen and oxygen atoms in total. The SMILES string of the molecule is CC(C)=CCN1CCC(NC(=O)N[C@@](C)(CO)C2CC2)CC1. The zero-order chi connectivity index (χ0) is 16.2. The number of aliphatic hydroxyl groups excluding tert-OH is 1. The van der Waals surface area contributed by atoms with Crippen molar-refractivity contribution in [2.24, 2.45) is 5.92 Å². The Kier molecular flexibility index (Phi) is 5.87. The van der Waals surface area contributed by atoms with Crippen LogP contribution in [0.2, 0.25) is 0 Å². The Morgan fingerprint density at radius 3 is 2.41 bits per heavy atom. The minimum absolute atomic E-state index is 0.00619. The number of piperidine rings is 1. The molecule has 1 atom stereocenters. The van der Waals surface area contributed by atoms with E-state index in [1.165, 1.54) is 5.57 Å². The van der Waals surface area contributed by atoms with Gasteiger partial charge in [0.25, 0.3) is 0 Å². The van der Waals surface area contributed by atoms with Crippen molar-refractivity contribution in [2.75, 3.05) is 26.2 Å². The van der Waals surface area contributed by atoms with Gasteiger partial charge in [-0.25, -0.2) is 4.79 Å². The van der Waals surface area contributed by atoms with Crippen molar-refractivity contribution in [2.45, 2.75) is 58.0 Å². The second kappa shape index (κ2) is 7.47. The van der Waals surface area contributed by atoms with Gasteiger partial charge in [0.05, 0.1) is 12.1 Å². The first-order chi connectivity index (χ1) is 10.4. The fourth-order valence-electron chi connectivity index (χ4n) is 3.04. The summed E-state index contributed by atoms with van der Waals surface area (Å²) in [6.07, 6.45) is 6.43. The van der Waals surface area contributed by atoms with E-state index in [0.29, 0.717) is 5.92 Å². The van der Waals surface area contributed by atoms with Gasteiger partial charge in [-0.05, 0) is 52.4 Å². The number of allylic oxidation sites excluding steroid dienone is 1. The Hall–Kier alpha value is -1.07. The van der Waals surface area contributed by atoms with Crippen molar-refractivity contribution < 1.29 is 9.90 Å². The van der Waals surface area contributed by atoms with Crippen molar-refractivity contribution >= 4 is 6.03 Å². The van der Waals surface area contributed by atoms with E-state index in [0.717, 1.165) is 45.3 Å². The normalized spacial score (nSPS) is 22.7. The molecule has 2 rings (SSSR count). The number of rotatable bonds is 6. The van der Waals surface area contributed by atoms with E-state index in [9.17, 15) is 9.90 Å². The van der Waals surface area contributed by atoms with Gasteiger partial charge in [0.1, 0.15) is 0 Å². The van der Waals surface area contributed by atoms with Crippen molar-refractivity contribution in [3.63, 3.8) is 0 Å². The van der Waals surface area contributed by atoms with Crippen LogP contribution in [0.4, 0.5) is 4.79 Å². The van der Waals surface area contributed by atoms with E-state index in [1.54, 1.807) is 0 Å². The average Bonchev–Trinajstić information content (AvgIpc) is 3.31. The molecule has 1 aliphatic carbocycles. The van der Waals surface area contributed by atoms with Crippen LogP contribution < -0.4 is 10.6 Å². The van der Waals surface area contributed by atoms with Gasteiger partial charge in [0, 0.05) is 25.7 Å². The number of amides is 2. The topological polar surface area (TPSA) is 64.6 Å². The second-order valence-electron chi connectivity index (χ2n) is 7.30. The summed E-state index contributed by atoms with van der Waals surface area (Å²) in [7, 11) is 0. The lowest BCUT2D eigenvalue weighted by atomic mass is 9.97. The maximum absolute atomic E-state index is 12.2. The van der Waals surface area contributed by atoms with Crippen molar-refractivity contribution in [1.29, 1.82) is 0 Å².